The molecule has 6 nitrogen and oxygen atoms in total. The molecule has 0 aliphatic rings. The zero-order valence-electron chi connectivity index (χ0n) is 19.5. The Morgan fingerprint density at radius 1 is 0.588 bits per heavy atom. The van der Waals surface area contributed by atoms with Crippen molar-refractivity contribution < 1.29 is 18.9 Å². The van der Waals surface area contributed by atoms with Crippen molar-refractivity contribution in [2.45, 2.75) is 0 Å². The number of ether oxygens (including phenoxy) is 4. The van der Waals surface area contributed by atoms with Crippen LogP contribution in [0.25, 0.3) is 23.3 Å². The van der Waals surface area contributed by atoms with Crippen LogP contribution >= 0.6 is 0 Å². The molecule has 3 rings (SSSR count). The van der Waals surface area contributed by atoms with Crippen molar-refractivity contribution in [2.24, 2.45) is 0 Å². The van der Waals surface area contributed by atoms with Crippen molar-refractivity contribution >= 4 is 23.3 Å². The van der Waals surface area contributed by atoms with E-state index in [0.717, 1.165) is 22.6 Å². The van der Waals surface area contributed by atoms with E-state index in [1.165, 1.54) is 14.2 Å². The standard InChI is InChI=1S/C28H24N2O4/c1-31-23-9-5-19(6-10-23)13-21(17-29)25-15-28(34-4)26(16-27(25)33-3)22(18-30)14-20-7-11-24(32-2)12-8-20/h5-16H,1-4H3/b21-13-,22-14+. The number of hydrogen-bond donors (Lipinski definition) is 0. The molecule has 0 heterocycles. The number of nitriles is 2. The van der Waals surface area contributed by atoms with Gasteiger partial charge in [-0.15, -0.1) is 0 Å². The Bertz CT molecular complexity index is 1190. The lowest BCUT2D eigenvalue weighted by Gasteiger charge is -2.14. The average molecular weight is 453 g/mol. The maximum atomic E-state index is 9.87. The van der Waals surface area contributed by atoms with Crippen LogP contribution in [0.15, 0.2) is 60.7 Å². The monoisotopic (exact) mass is 452 g/mol. The molecule has 0 bridgehead atoms. The van der Waals surface area contributed by atoms with Crippen LogP contribution in [-0.4, -0.2) is 28.4 Å². The van der Waals surface area contributed by atoms with Gasteiger partial charge in [-0.25, -0.2) is 0 Å². The van der Waals surface area contributed by atoms with Gasteiger partial charge >= 0.3 is 0 Å². The molecule has 0 fully saturated rings. The summed E-state index contributed by atoms with van der Waals surface area (Å²) >= 11 is 0. The Balaban J connectivity index is 2.09. The lowest BCUT2D eigenvalue weighted by atomic mass is 9.96. The van der Waals surface area contributed by atoms with Crippen molar-refractivity contribution in [2.75, 3.05) is 28.4 Å². The number of hydrogen-bond acceptors (Lipinski definition) is 6. The van der Waals surface area contributed by atoms with Gasteiger partial charge in [-0.1, -0.05) is 24.3 Å². The fraction of sp³-hybridized carbons (Fsp3) is 0.143. The van der Waals surface area contributed by atoms with Crippen molar-refractivity contribution in [3.63, 3.8) is 0 Å². The zero-order valence-corrected chi connectivity index (χ0v) is 19.5. The summed E-state index contributed by atoms with van der Waals surface area (Å²) in [6, 6.07) is 22.6. The molecule has 3 aromatic rings. The van der Waals surface area contributed by atoms with Crippen LogP contribution in [0, 0.1) is 22.7 Å². The van der Waals surface area contributed by atoms with Crippen LogP contribution in [0.1, 0.15) is 22.3 Å². The second kappa shape index (κ2) is 11.3. The second-order valence-corrected chi connectivity index (χ2v) is 7.14. The first-order valence-corrected chi connectivity index (χ1v) is 10.3. The minimum Gasteiger partial charge on any atom is -0.497 e. The Hall–Kier alpha value is -4.68. The van der Waals surface area contributed by atoms with Crippen LogP contribution in [-0.2, 0) is 0 Å². The Morgan fingerprint density at radius 3 is 1.21 bits per heavy atom. The smallest absolute Gasteiger partial charge is 0.128 e. The van der Waals surface area contributed by atoms with E-state index in [-0.39, 0.29) is 0 Å². The highest BCUT2D eigenvalue weighted by molar-refractivity contribution is 5.96. The molecule has 0 saturated heterocycles. The predicted molar refractivity (Wildman–Crippen MR) is 133 cm³/mol. The van der Waals surface area contributed by atoms with E-state index in [1.807, 2.05) is 48.5 Å². The molecule has 0 spiro atoms. The van der Waals surface area contributed by atoms with Crippen LogP contribution in [0.2, 0.25) is 0 Å². The molecule has 0 atom stereocenters. The van der Waals surface area contributed by atoms with Gasteiger partial charge in [-0.2, -0.15) is 10.5 Å². The van der Waals surface area contributed by atoms with Crippen LogP contribution < -0.4 is 18.9 Å². The van der Waals surface area contributed by atoms with E-state index in [1.54, 1.807) is 38.5 Å². The van der Waals surface area contributed by atoms with E-state index in [9.17, 15) is 10.5 Å². The summed E-state index contributed by atoms with van der Waals surface area (Å²) < 4.78 is 21.6. The Kier molecular flexibility index (Phi) is 7.94. The van der Waals surface area contributed by atoms with Gasteiger partial charge in [-0.05, 0) is 59.7 Å². The lowest BCUT2D eigenvalue weighted by Crippen LogP contribution is -1.98. The quantitative estimate of drug-likeness (QED) is 0.315. The number of rotatable bonds is 8. The molecule has 0 saturated carbocycles. The third-order valence-corrected chi connectivity index (χ3v) is 5.20. The SMILES string of the molecule is COc1ccc(/C=C(\C#N)c2cc(OC)c(/C(C#N)=C\c3ccc(OC)cc3)cc2OC)cc1. The van der Waals surface area contributed by atoms with Crippen LogP contribution in [0.4, 0.5) is 0 Å². The third-order valence-electron chi connectivity index (χ3n) is 5.20. The Labute approximate surface area is 199 Å². The maximum Gasteiger partial charge on any atom is 0.128 e. The second-order valence-electron chi connectivity index (χ2n) is 7.14. The molecule has 0 aromatic heterocycles. The summed E-state index contributed by atoms with van der Waals surface area (Å²) in [7, 11) is 6.25. The van der Waals surface area contributed by atoms with Crippen molar-refractivity contribution in [3.05, 3.63) is 82.9 Å². The zero-order chi connectivity index (χ0) is 24.5. The van der Waals surface area contributed by atoms with Gasteiger partial charge in [0.2, 0.25) is 0 Å². The van der Waals surface area contributed by atoms with Crippen LogP contribution in [0.5, 0.6) is 23.0 Å². The lowest BCUT2D eigenvalue weighted by molar-refractivity contribution is 0.401. The van der Waals surface area contributed by atoms with E-state index >= 15 is 0 Å². The largest absolute Gasteiger partial charge is 0.497 e. The van der Waals surface area contributed by atoms with E-state index in [0.29, 0.717) is 33.8 Å². The van der Waals surface area contributed by atoms with E-state index in [4.69, 9.17) is 18.9 Å². The molecule has 0 N–H and O–H groups in total. The van der Waals surface area contributed by atoms with E-state index in [2.05, 4.69) is 12.1 Å². The van der Waals surface area contributed by atoms with Gasteiger partial charge in [-0.3, -0.25) is 0 Å². The van der Waals surface area contributed by atoms with Crippen molar-refractivity contribution in [1.82, 2.24) is 0 Å². The Morgan fingerprint density at radius 2 is 0.941 bits per heavy atom. The van der Waals surface area contributed by atoms with Crippen LogP contribution in [0.3, 0.4) is 0 Å². The summed E-state index contributed by atoms with van der Waals surface area (Å²) in [6.07, 6.45) is 3.52. The van der Waals surface area contributed by atoms with Crippen molar-refractivity contribution in [1.29, 1.82) is 10.5 Å². The predicted octanol–water partition coefficient (Wildman–Crippen LogP) is 5.85. The highest BCUT2D eigenvalue weighted by Crippen LogP contribution is 2.38. The molecular formula is C28H24N2O4. The first kappa shape index (κ1) is 24.0. The molecule has 0 amide bonds. The highest BCUT2D eigenvalue weighted by atomic mass is 16.5. The summed E-state index contributed by atoms with van der Waals surface area (Å²) in [5.74, 6) is 2.36. The van der Waals surface area contributed by atoms with Gasteiger partial charge in [0.1, 0.15) is 23.0 Å². The summed E-state index contributed by atoms with van der Waals surface area (Å²) in [5, 5.41) is 19.7. The normalized spacial score (nSPS) is 11.2. The van der Waals surface area contributed by atoms with E-state index < -0.39 is 0 Å². The summed E-state index contributed by atoms with van der Waals surface area (Å²) in [4.78, 5) is 0. The third kappa shape index (κ3) is 5.38. The average Bonchev–Trinajstić information content (AvgIpc) is 2.90. The topological polar surface area (TPSA) is 84.5 Å². The van der Waals surface area contributed by atoms with Gasteiger partial charge in [0.05, 0.1) is 51.7 Å². The fourth-order valence-corrected chi connectivity index (χ4v) is 3.39. The molecule has 0 aliphatic heterocycles. The van der Waals surface area contributed by atoms with Gasteiger partial charge < -0.3 is 18.9 Å². The maximum absolute atomic E-state index is 9.87. The number of methoxy groups -OCH3 is 4. The van der Waals surface area contributed by atoms with Crippen molar-refractivity contribution in [3.8, 4) is 35.1 Å². The minimum absolute atomic E-state index is 0.393. The highest BCUT2D eigenvalue weighted by Gasteiger charge is 2.17. The molecular weight excluding hydrogens is 428 g/mol. The molecule has 6 heteroatoms. The molecule has 170 valence electrons. The minimum atomic E-state index is 0.393. The fourth-order valence-electron chi connectivity index (χ4n) is 3.39. The number of nitrogens with zero attached hydrogens (tertiary/aromatic N) is 2. The molecule has 0 aliphatic carbocycles. The molecule has 34 heavy (non-hydrogen) atoms. The first-order chi connectivity index (χ1) is 16.6. The molecule has 3 aromatic carbocycles. The summed E-state index contributed by atoms with van der Waals surface area (Å²) in [6.45, 7) is 0. The number of allylic oxidation sites excluding steroid dienone is 2. The molecule has 0 radical (unpaired) electrons. The molecule has 0 unspecified atom stereocenters. The number of benzene rings is 3. The van der Waals surface area contributed by atoms with Gasteiger partial charge in [0.25, 0.3) is 0 Å². The first-order valence-electron chi connectivity index (χ1n) is 10.3. The van der Waals surface area contributed by atoms with Gasteiger partial charge in [0, 0.05) is 11.1 Å². The summed E-state index contributed by atoms with van der Waals surface area (Å²) in [5.41, 5.74) is 3.57. The van der Waals surface area contributed by atoms with Gasteiger partial charge in [0.15, 0.2) is 0 Å².